The zero-order chi connectivity index (χ0) is 21.2. The Bertz CT molecular complexity index is 1350. The molecule has 8 heteroatoms. The van der Waals surface area contributed by atoms with Crippen molar-refractivity contribution in [1.29, 1.82) is 0 Å². The molecule has 0 amide bonds. The van der Waals surface area contributed by atoms with Crippen LogP contribution in [-0.4, -0.2) is 36.3 Å². The van der Waals surface area contributed by atoms with Crippen LogP contribution in [-0.2, 0) is 10.1 Å². The molecular weight excluding hydrogens is 390 g/mol. The van der Waals surface area contributed by atoms with Crippen molar-refractivity contribution in [3.8, 4) is 5.75 Å². The van der Waals surface area contributed by atoms with Crippen LogP contribution >= 0.6 is 0 Å². The lowest BCUT2D eigenvalue weighted by molar-refractivity contribution is 0.412. The second-order valence-electron chi connectivity index (χ2n) is 6.79. The molecule has 3 N–H and O–H groups in total. The molecule has 1 aromatic carbocycles. The standard InChI is InChI=1S/C20H19N3O.CH4O3S/c1-12-8-13(2)21-16(12)10-19-20(24-3)11-18(23-19)17-9-14-6-4-5-7-15(14)22-17;1-5(2,3)4/h4-11,21,23H,1-3H3;1H3,(H,2,3,4)/b18-17-,19-10+;. The smallest absolute Gasteiger partial charge is 0.261 e. The highest BCUT2D eigenvalue weighted by molar-refractivity contribution is 7.85. The van der Waals surface area contributed by atoms with Gasteiger partial charge >= 0.3 is 0 Å². The third kappa shape index (κ3) is 5.24. The average Bonchev–Trinajstić information content (AvgIpc) is 3.30. The van der Waals surface area contributed by atoms with Gasteiger partial charge in [0.2, 0.25) is 0 Å². The van der Waals surface area contributed by atoms with E-state index in [-0.39, 0.29) is 0 Å². The van der Waals surface area contributed by atoms with Gasteiger partial charge in [0, 0.05) is 22.7 Å². The Balaban J connectivity index is 0.000000431. The van der Waals surface area contributed by atoms with Crippen LogP contribution in [0.4, 0.5) is 0 Å². The van der Waals surface area contributed by atoms with Gasteiger partial charge in [0.25, 0.3) is 10.1 Å². The molecule has 7 nitrogen and oxygen atoms in total. The van der Waals surface area contributed by atoms with Crippen molar-refractivity contribution in [1.82, 2.24) is 9.97 Å². The summed E-state index contributed by atoms with van der Waals surface area (Å²) in [4.78, 5) is 11.5. The number of fused-ring (bicyclic) bond motifs is 1. The number of nitrogens with one attached hydrogen (secondary N) is 2. The van der Waals surface area contributed by atoms with E-state index in [0.717, 1.165) is 44.1 Å². The molecule has 0 fully saturated rings. The van der Waals surface area contributed by atoms with E-state index in [4.69, 9.17) is 14.3 Å². The van der Waals surface area contributed by atoms with Gasteiger partial charge in [0.1, 0.15) is 5.75 Å². The van der Waals surface area contributed by atoms with Crippen molar-refractivity contribution < 1.29 is 17.7 Å². The van der Waals surface area contributed by atoms with Gasteiger partial charge in [0.15, 0.2) is 0 Å². The fourth-order valence-electron chi connectivity index (χ4n) is 3.07. The maximum absolute atomic E-state index is 9.19. The van der Waals surface area contributed by atoms with Crippen molar-refractivity contribution >= 4 is 28.0 Å². The summed E-state index contributed by atoms with van der Waals surface area (Å²) in [5.74, 6) is 0.809. The first-order chi connectivity index (χ1) is 13.6. The predicted octanol–water partition coefficient (Wildman–Crippen LogP) is 0.523. The summed E-state index contributed by atoms with van der Waals surface area (Å²) >= 11 is 0. The summed E-state index contributed by atoms with van der Waals surface area (Å²) in [6.07, 6.45) is 4.88. The molecule has 1 aliphatic heterocycles. The summed E-state index contributed by atoms with van der Waals surface area (Å²) in [6, 6.07) is 12.3. The van der Waals surface area contributed by atoms with E-state index >= 15 is 0 Å². The van der Waals surface area contributed by atoms with Gasteiger partial charge < -0.3 is 14.7 Å². The van der Waals surface area contributed by atoms with Crippen molar-refractivity contribution in [2.75, 3.05) is 13.4 Å². The van der Waals surface area contributed by atoms with Crippen LogP contribution in [0.25, 0.3) is 17.8 Å². The Morgan fingerprint density at radius 1 is 1.14 bits per heavy atom. The second-order valence-corrected chi connectivity index (χ2v) is 8.26. The Morgan fingerprint density at radius 3 is 2.41 bits per heavy atom. The van der Waals surface area contributed by atoms with E-state index in [9.17, 15) is 8.42 Å². The molecular formula is C21H23N3O4S. The van der Waals surface area contributed by atoms with Crippen LogP contribution in [0.15, 0.2) is 41.4 Å². The van der Waals surface area contributed by atoms with Crippen LogP contribution in [0.1, 0.15) is 17.0 Å². The number of hydrogen-bond acceptors (Lipinski definition) is 4. The van der Waals surface area contributed by atoms with Gasteiger partial charge in [0.05, 0.1) is 35.1 Å². The highest BCUT2D eigenvalue weighted by Gasteiger charge is 2.06. The lowest BCUT2D eigenvalue weighted by atomic mass is 10.2. The minimum Gasteiger partial charge on any atom is -0.494 e. The van der Waals surface area contributed by atoms with Crippen LogP contribution in [0.2, 0.25) is 0 Å². The van der Waals surface area contributed by atoms with Crippen LogP contribution in [0.5, 0.6) is 5.75 Å². The zero-order valence-corrected chi connectivity index (χ0v) is 17.5. The number of rotatable bonds is 2. The molecule has 3 aromatic rings. The Morgan fingerprint density at radius 2 is 1.83 bits per heavy atom. The van der Waals surface area contributed by atoms with E-state index < -0.39 is 10.1 Å². The summed E-state index contributed by atoms with van der Waals surface area (Å²) in [5.41, 5.74) is 4.37. The van der Waals surface area contributed by atoms with Crippen LogP contribution in [0.3, 0.4) is 0 Å². The Kier molecular flexibility index (Phi) is 5.76. The van der Waals surface area contributed by atoms with Crippen LogP contribution in [0, 0.1) is 13.8 Å². The SMILES string of the molecule is COc1c/c(=C2\C=c3ccccc3=N2)[nH]/c1=C/c1[nH]c(C)cc1C.CS(=O)(=O)O. The van der Waals surface area contributed by atoms with E-state index in [1.807, 2.05) is 24.3 Å². The van der Waals surface area contributed by atoms with Crippen molar-refractivity contribution in [2.24, 2.45) is 4.99 Å². The minimum atomic E-state index is -3.67. The molecule has 1 aliphatic rings. The second kappa shape index (κ2) is 8.10. The monoisotopic (exact) mass is 413 g/mol. The number of aromatic amines is 2. The number of para-hydroxylation sites is 1. The highest BCUT2D eigenvalue weighted by atomic mass is 32.2. The first-order valence-electron chi connectivity index (χ1n) is 8.87. The third-order valence-corrected chi connectivity index (χ3v) is 4.25. The number of H-pyrrole nitrogens is 2. The van der Waals surface area contributed by atoms with Gasteiger partial charge in [-0.05, 0) is 43.7 Å². The third-order valence-electron chi connectivity index (χ3n) is 4.25. The van der Waals surface area contributed by atoms with E-state index in [2.05, 4.69) is 48.1 Å². The maximum Gasteiger partial charge on any atom is 0.261 e. The van der Waals surface area contributed by atoms with E-state index in [1.54, 1.807) is 7.11 Å². The molecule has 2 aromatic heterocycles. The lowest BCUT2D eigenvalue weighted by Crippen LogP contribution is -2.19. The lowest BCUT2D eigenvalue weighted by Gasteiger charge is -1.94. The molecule has 0 spiro atoms. The van der Waals surface area contributed by atoms with Gasteiger partial charge in [-0.15, -0.1) is 0 Å². The molecule has 0 atom stereocenters. The first-order valence-corrected chi connectivity index (χ1v) is 10.7. The molecule has 3 heterocycles. The van der Waals surface area contributed by atoms with Gasteiger partial charge in [-0.2, -0.15) is 8.42 Å². The molecule has 152 valence electrons. The van der Waals surface area contributed by atoms with Crippen molar-refractivity contribution in [3.05, 3.63) is 74.6 Å². The molecule has 0 radical (unpaired) electrons. The topological polar surface area (TPSA) is 108 Å². The number of ether oxygens (including phenoxy) is 1. The number of hydrogen-bond donors (Lipinski definition) is 3. The van der Waals surface area contributed by atoms with Gasteiger partial charge in [-0.1, -0.05) is 18.2 Å². The molecule has 0 unspecified atom stereocenters. The molecule has 0 bridgehead atoms. The van der Waals surface area contributed by atoms with Crippen molar-refractivity contribution in [2.45, 2.75) is 13.8 Å². The highest BCUT2D eigenvalue weighted by Crippen LogP contribution is 2.10. The van der Waals surface area contributed by atoms with Gasteiger partial charge in [-0.25, -0.2) is 4.99 Å². The number of nitrogens with zero attached hydrogens (tertiary/aromatic N) is 1. The van der Waals surface area contributed by atoms with Crippen LogP contribution < -0.4 is 26.0 Å². The quantitative estimate of drug-likeness (QED) is 0.533. The zero-order valence-electron chi connectivity index (χ0n) is 16.6. The summed E-state index contributed by atoms with van der Waals surface area (Å²) in [5, 5.41) is 4.03. The number of benzene rings is 1. The normalized spacial score (nSPS) is 15.1. The first kappa shape index (κ1) is 20.6. The molecule has 4 rings (SSSR count). The molecule has 0 saturated carbocycles. The molecule has 0 saturated heterocycles. The largest absolute Gasteiger partial charge is 0.494 e. The average molecular weight is 413 g/mol. The maximum atomic E-state index is 9.19. The minimum absolute atomic E-state index is 0.715. The van der Waals surface area contributed by atoms with Crippen molar-refractivity contribution in [3.63, 3.8) is 0 Å². The molecule has 0 aliphatic carbocycles. The summed E-state index contributed by atoms with van der Waals surface area (Å²) in [7, 11) is -1.98. The summed E-state index contributed by atoms with van der Waals surface area (Å²) in [6.45, 7) is 4.15. The Hall–Kier alpha value is -3.10. The summed E-state index contributed by atoms with van der Waals surface area (Å²) < 4.78 is 31.4. The number of methoxy groups -OCH3 is 1. The van der Waals surface area contributed by atoms with Gasteiger partial charge in [-0.3, -0.25) is 4.55 Å². The fraction of sp³-hybridized carbons (Fsp3) is 0.190. The number of aromatic nitrogens is 2. The fourth-order valence-corrected chi connectivity index (χ4v) is 3.07. The number of aryl methyl sites for hydroxylation is 2. The molecule has 29 heavy (non-hydrogen) atoms. The van der Waals surface area contributed by atoms with E-state index in [0.29, 0.717) is 6.26 Å². The van der Waals surface area contributed by atoms with E-state index in [1.165, 1.54) is 5.56 Å². The Labute approximate surface area is 168 Å². The predicted molar refractivity (Wildman–Crippen MR) is 113 cm³/mol.